The summed E-state index contributed by atoms with van der Waals surface area (Å²) < 4.78 is 5.54. The zero-order chi connectivity index (χ0) is 14.8. The van der Waals surface area contributed by atoms with E-state index in [4.69, 9.17) is 4.74 Å². The van der Waals surface area contributed by atoms with Crippen LogP contribution in [0, 0.1) is 5.92 Å². The second kappa shape index (κ2) is 5.93. The molecule has 0 aliphatic carbocycles. The van der Waals surface area contributed by atoms with Crippen LogP contribution in [-0.2, 0) is 17.8 Å². The van der Waals surface area contributed by atoms with E-state index in [1.54, 1.807) is 7.11 Å². The van der Waals surface area contributed by atoms with Gasteiger partial charge in [-0.1, -0.05) is 6.07 Å². The van der Waals surface area contributed by atoms with Crippen molar-refractivity contribution in [3.05, 3.63) is 23.3 Å². The van der Waals surface area contributed by atoms with Gasteiger partial charge < -0.3 is 20.1 Å². The van der Waals surface area contributed by atoms with Crippen LogP contribution in [0.5, 0.6) is 5.75 Å². The number of rotatable bonds is 3. The molecule has 5 heteroatoms. The van der Waals surface area contributed by atoms with Crippen LogP contribution in [0.15, 0.2) is 12.1 Å². The van der Waals surface area contributed by atoms with Crippen molar-refractivity contribution in [1.82, 2.24) is 5.32 Å². The highest BCUT2D eigenvalue weighted by atomic mass is 16.5. The minimum absolute atomic E-state index is 0.282. The van der Waals surface area contributed by atoms with Gasteiger partial charge in [0.2, 0.25) is 0 Å². The van der Waals surface area contributed by atoms with Gasteiger partial charge in [-0.25, -0.2) is 0 Å². The molecule has 0 amide bonds. The number of carboxylic acids is 1. The Morgan fingerprint density at radius 3 is 3.10 bits per heavy atom. The summed E-state index contributed by atoms with van der Waals surface area (Å²) in [5.74, 6) is -0.124. The molecule has 114 valence electrons. The van der Waals surface area contributed by atoms with Gasteiger partial charge in [-0.15, -0.1) is 0 Å². The number of nitrogens with one attached hydrogen (secondary N) is 1. The molecule has 1 aromatic rings. The molecule has 3 rings (SSSR count). The Balaban J connectivity index is 1.97. The fourth-order valence-corrected chi connectivity index (χ4v) is 3.42. The molecule has 0 radical (unpaired) electrons. The normalized spacial score (nSPS) is 21.8. The highest BCUT2D eigenvalue weighted by Crippen LogP contribution is 2.38. The SMILES string of the molecule is COc1ccc2c(c1N1CCCC(C(=O)O)C1)CNCC2. The van der Waals surface area contributed by atoms with E-state index in [0.29, 0.717) is 6.54 Å². The van der Waals surface area contributed by atoms with Gasteiger partial charge in [-0.05, 0) is 43.0 Å². The lowest BCUT2D eigenvalue weighted by Gasteiger charge is -2.36. The van der Waals surface area contributed by atoms with Gasteiger partial charge in [-0.3, -0.25) is 4.79 Å². The molecule has 2 aliphatic rings. The Bertz CT molecular complexity index is 545. The summed E-state index contributed by atoms with van der Waals surface area (Å²) in [6.45, 7) is 3.30. The average molecular weight is 290 g/mol. The van der Waals surface area contributed by atoms with Crippen molar-refractivity contribution < 1.29 is 14.6 Å². The van der Waals surface area contributed by atoms with Crippen LogP contribution < -0.4 is 15.0 Å². The van der Waals surface area contributed by atoms with Crippen LogP contribution in [0.25, 0.3) is 0 Å². The molecule has 1 fully saturated rings. The first-order chi connectivity index (χ1) is 10.2. The lowest BCUT2D eigenvalue weighted by molar-refractivity contribution is -0.141. The number of benzene rings is 1. The number of carbonyl (C=O) groups is 1. The van der Waals surface area contributed by atoms with Gasteiger partial charge in [0.25, 0.3) is 0 Å². The molecule has 0 saturated carbocycles. The zero-order valence-electron chi connectivity index (χ0n) is 12.4. The summed E-state index contributed by atoms with van der Waals surface area (Å²) in [4.78, 5) is 13.5. The predicted molar refractivity (Wildman–Crippen MR) is 81.0 cm³/mol. The number of aliphatic carboxylic acids is 1. The molecule has 5 nitrogen and oxygen atoms in total. The molecule has 0 spiro atoms. The molecule has 1 unspecified atom stereocenters. The molecule has 1 aromatic carbocycles. The first-order valence-electron chi connectivity index (χ1n) is 7.58. The number of hydrogen-bond acceptors (Lipinski definition) is 4. The van der Waals surface area contributed by atoms with E-state index in [2.05, 4.69) is 16.3 Å². The van der Waals surface area contributed by atoms with Crippen molar-refractivity contribution in [1.29, 1.82) is 0 Å². The van der Waals surface area contributed by atoms with E-state index in [-0.39, 0.29) is 5.92 Å². The minimum Gasteiger partial charge on any atom is -0.495 e. The first kappa shape index (κ1) is 14.2. The van der Waals surface area contributed by atoms with Crippen LogP contribution >= 0.6 is 0 Å². The second-order valence-corrected chi connectivity index (χ2v) is 5.80. The van der Waals surface area contributed by atoms with Gasteiger partial charge in [0.15, 0.2) is 0 Å². The number of piperidine rings is 1. The van der Waals surface area contributed by atoms with Gasteiger partial charge in [0.1, 0.15) is 5.75 Å². The van der Waals surface area contributed by atoms with Gasteiger partial charge in [-0.2, -0.15) is 0 Å². The number of fused-ring (bicyclic) bond motifs is 1. The van der Waals surface area contributed by atoms with Crippen molar-refractivity contribution in [3.63, 3.8) is 0 Å². The maximum atomic E-state index is 11.3. The number of nitrogens with zero attached hydrogens (tertiary/aromatic N) is 1. The zero-order valence-corrected chi connectivity index (χ0v) is 12.4. The first-order valence-corrected chi connectivity index (χ1v) is 7.58. The maximum absolute atomic E-state index is 11.3. The summed E-state index contributed by atoms with van der Waals surface area (Å²) >= 11 is 0. The van der Waals surface area contributed by atoms with Gasteiger partial charge in [0.05, 0.1) is 18.7 Å². The van der Waals surface area contributed by atoms with E-state index < -0.39 is 5.97 Å². The quantitative estimate of drug-likeness (QED) is 0.886. The van der Waals surface area contributed by atoms with Crippen LogP contribution in [0.1, 0.15) is 24.0 Å². The Kier molecular flexibility index (Phi) is 4.01. The largest absolute Gasteiger partial charge is 0.495 e. The fraction of sp³-hybridized carbons (Fsp3) is 0.562. The molecule has 2 N–H and O–H groups in total. The number of methoxy groups -OCH3 is 1. The molecular weight excluding hydrogens is 268 g/mol. The van der Waals surface area contributed by atoms with Crippen LogP contribution in [0.4, 0.5) is 5.69 Å². The molecular formula is C16H22N2O3. The Hall–Kier alpha value is -1.75. The van der Waals surface area contributed by atoms with Crippen molar-refractivity contribution in [2.45, 2.75) is 25.8 Å². The summed E-state index contributed by atoms with van der Waals surface area (Å²) in [5, 5.41) is 12.7. The average Bonchev–Trinajstić information content (AvgIpc) is 2.53. The number of hydrogen-bond donors (Lipinski definition) is 2. The minimum atomic E-state index is -0.693. The van der Waals surface area contributed by atoms with E-state index >= 15 is 0 Å². The topological polar surface area (TPSA) is 61.8 Å². The fourth-order valence-electron chi connectivity index (χ4n) is 3.42. The monoisotopic (exact) mass is 290 g/mol. The molecule has 1 atom stereocenters. The van der Waals surface area contributed by atoms with E-state index in [9.17, 15) is 9.90 Å². The highest BCUT2D eigenvalue weighted by Gasteiger charge is 2.29. The third-order valence-corrected chi connectivity index (χ3v) is 4.52. The Morgan fingerprint density at radius 2 is 2.33 bits per heavy atom. The van der Waals surface area contributed by atoms with Crippen molar-refractivity contribution in [2.24, 2.45) is 5.92 Å². The van der Waals surface area contributed by atoms with Gasteiger partial charge >= 0.3 is 5.97 Å². The Morgan fingerprint density at radius 1 is 1.48 bits per heavy atom. The maximum Gasteiger partial charge on any atom is 0.308 e. The van der Waals surface area contributed by atoms with Crippen LogP contribution in [-0.4, -0.2) is 37.8 Å². The van der Waals surface area contributed by atoms with Crippen LogP contribution in [0.2, 0.25) is 0 Å². The van der Waals surface area contributed by atoms with E-state index in [0.717, 1.165) is 50.3 Å². The lowest BCUT2D eigenvalue weighted by Crippen LogP contribution is -2.40. The molecule has 0 aromatic heterocycles. The summed E-state index contributed by atoms with van der Waals surface area (Å²) in [7, 11) is 1.68. The number of anilines is 1. The van der Waals surface area contributed by atoms with Crippen molar-refractivity contribution in [2.75, 3.05) is 31.6 Å². The predicted octanol–water partition coefficient (Wildman–Crippen LogP) is 1.64. The van der Waals surface area contributed by atoms with E-state index in [1.165, 1.54) is 11.1 Å². The molecule has 2 aliphatic heterocycles. The van der Waals surface area contributed by atoms with Crippen molar-refractivity contribution in [3.8, 4) is 5.75 Å². The third kappa shape index (κ3) is 2.70. The lowest BCUT2D eigenvalue weighted by atomic mass is 9.94. The van der Waals surface area contributed by atoms with Crippen molar-refractivity contribution >= 4 is 11.7 Å². The molecule has 0 bridgehead atoms. The molecule has 2 heterocycles. The third-order valence-electron chi connectivity index (χ3n) is 4.52. The molecule has 1 saturated heterocycles. The standard InChI is InChI=1S/C16H22N2O3/c1-21-14-5-4-11-6-7-17-9-13(11)15(14)18-8-2-3-12(10-18)16(19)20/h4-5,12,17H,2-3,6-10H2,1H3,(H,19,20). The second-order valence-electron chi connectivity index (χ2n) is 5.80. The summed E-state index contributed by atoms with van der Waals surface area (Å²) in [6.07, 6.45) is 2.70. The highest BCUT2D eigenvalue weighted by molar-refractivity contribution is 5.73. The van der Waals surface area contributed by atoms with Gasteiger partial charge in [0, 0.05) is 19.6 Å². The number of carboxylic acid groups (broad SMARTS) is 1. The summed E-state index contributed by atoms with van der Waals surface area (Å²) in [6, 6.07) is 4.15. The van der Waals surface area contributed by atoms with Crippen LogP contribution in [0.3, 0.4) is 0 Å². The molecule has 21 heavy (non-hydrogen) atoms. The Labute approximate surface area is 124 Å². The number of ether oxygens (including phenoxy) is 1. The van der Waals surface area contributed by atoms with E-state index in [1.807, 2.05) is 6.07 Å². The summed E-state index contributed by atoms with van der Waals surface area (Å²) in [5.41, 5.74) is 3.71. The smallest absolute Gasteiger partial charge is 0.308 e.